The lowest BCUT2D eigenvalue weighted by molar-refractivity contribution is 0.652. The summed E-state index contributed by atoms with van der Waals surface area (Å²) < 4.78 is 0. The van der Waals surface area contributed by atoms with Crippen LogP contribution in [0.5, 0.6) is 0 Å². The minimum Gasteiger partial charge on any atom is -0.313 e. The van der Waals surface area contributed by atoms with Crippen molar-refractivity contribution < 1.29 is 0 Å². The van der Waals surface area contributed by atoms with Gasteiger partial charge in [0.2, 0.25) is 0 Å². The normalized spacial score (nSPS) is 12.4. The molecule has 0 aliphatic heterocycles. The van der Waals surface area contributed by atoms with E-state index < -0.39 is 0 Å². The first-order chi connectivity index (χ1) is 9.10. The molecule has 0 spiro atoms. The average Bonchev–Trinajstić information content (AvgIpc) is 2.38. The summed E-state index contributed by atoms with van der Waals surface area (Å²) in [6.45, 7) is 2.05. The molecule has 0 bridgehead atoms. The standard InChI is InChI=1S/C13H14ClN3OS/c1-8(15-2)10-4-3-9(7-11(10)14)19-13-16-6-5-12(18)17-13/h3-8,15H,1-2H3,(H,16,17,18). The van der Waals surface area contributed by atoms with E-state index in [9.17, 15) is 4.79 Å². The summed E-state index contributed by atoms with van der Waals surface area (Å²) in [5, 5.41) is 4.40. The predicted molar refractivity (Wildman–Crippen MR) is 77.9 cm³/mol. The van der Waals surface area contributed by atoms with Gasteiger partial charge in [-0.3, -0.25) is 4.79 Å². The second-order valence-corrected chi connectivity index (χ2v) is 5.50. The molecule has 0 fully saturated rings. The van der Waals surface area contributed by atoms with Crippen molar-refractivity contribution in [2.75, 3.05) is 7.05 Å². The van der Waals surface area contributed by atoms with Gasteiger partial charge in [0.25, 0.3) is 5.56 Å². The van der Waals surface area contributed by atoms with E-state index in [-0.39, 0.29) is 11.6 Å². The van der Waals surface area contributed by atoms with Gasteiger partial charge in [0, 0.05) is 28.2 Å². The summed E-state index contributed by atoms with van der Waals surface area (Å²) >= 11 is 7.63. The zero-order valence-corrected chi connectivity index (χ0v) is 12.2. The van der Waals surface area contributed by atoms with Gasteiger partial charge in [-0.05, 0) is 31.7 Å². The molecule has 100 valence electrons. The summed E-state index contributed by atoms with van der Waals surface area (Å²) in [6, 6.07) is 7.40. The van der Waals surface area contributed by atoms with Crippen molar-refractivity contribution in [1.29, 1.82) is 0 Å². The molecule has 1 aromatic heterocycles. The van der Waals surface area contributed by atoms with E-state index in [2.05, 4.69) is 15.3 Å². The Morgan fingerprint density at radius 1 is 1.42 bits per heavy atom. The van der Waals surface area contributed by atoms with Crippen molar-refractivity contribution in [3.05, 3.63) is 51.4 Å². The number of halogens is 1. The van der Waals surface area contributed by atoms with Crippen molar-refractivity contribution in [3.63, 3.8) is 0 Å². The average molecular weight is 296 g/mol. The second kappa shape index (κ2) is 6.23. The Labute approximate surface area is 120 Å². The molecule has 0 aliphatic rings. The van der Waals surface area contributed by atoms with Crippen molar-refractivity contribution in [1.82, 2.24) is 15.3 Å². The molecule has 19 heavy (non-hydrogen) atoms. The van der Waals surface area contributed by atoms with E-state index in [1.165, 1.54) is 24.0 Å². The third-order valence-corrected chi connectivity index (χ3v) is 3.95. The van der Waals surface area contributed by atoms with Crippen molar-refractivity contribution in [2.24, 2.45) is 0 Å². The Bertz CT molecular complexity index is 629. The zero-order valence-electron chi connectivity index (χ0n) is 10.6. The molecule has 1 heterocycles. The van der Waals surface area contributed by atoms with Crippen molar-refractivity contribution >= 4 is 23.4 Å². The second-order valence-electron chi connectivity index (χ2n) is 4.03. The van der Waals surface area contributed by atoms with Crippen LogP contribution in [0.2, 0.25) is 5.02 Å². The fourth-order valence-electron chi connectivity index (χ4n) is 1.59. The number of aromatic nitrogens is 2. The van der Waals surface area contributed by atoms with Gasteiger partial charge in [-0.2, -0.15) is 0 Å². The molecule has 0 radical (unpaired) electrons. The number of aromatic amines is 1. The van der Waals surface area contributed by atoms with Crippen LogP contribution in [0.3, 0.4) is 0 Å². The van der Waals surface area contributed by atoms with Gasteiger partial charge in [-0.15, -0.1) is 0 Å². The van der Waals surface area contributed by atoms with E-state index in [0.717, 1.165) is 10.5 Å². The third-order valence-electron chi connectivity index (χ3n) is 2.73. The molecule has 1 unspecified atom stereocenters. The Hall–Kier alpha value is -1.30. The smallest absolute Gasteiger partial charge is 0.251 e. The van der Waals surface area contributed by atoms with Crippen LogP contribution in [0.1, 0.15) is 18.5 Å². The highest BCUT2D eigenvalue weighted by atomic mass is 35.5. The molecular formula is C13H14ClN3OS. The topological polar surface area (TPSA) is 57.8 Å². The van der Waals surface area contributed by atoms with Crippen LogP contribution in [0.15, 0.2) is 45.3 Å². The quantitative estimate of drug-likeness (QED) is 0.852. The summed E-state index contributed by atoms with van der Waals surface area (Å²) in [5.74, 6) is 0. The van der Waals surface area contributed by atoms with Crippen LogP contribution < -0.4 is 10.9 Å². The molecule has 1 aromatic carbocycles. The molecular weight excluding hydrogens is 282 g/mol. The summed E-state index contributed by atoms with van der Waals surface area (Å²) in [4.78, 5) is 18.9. The molecule has 0 saturated carbocycles. The van der Waals surface area contributed by atoms with Gasteiger partial charge in [0.1, 0.15) is 0 Å². The van der Waals surface area contributed by atoms with E-state index in [4.69, 9.17) is 11.6 Å². The summed E-state index contributed by atoms with van der Waals surface area (Å²) in [6.07, 6.45) is 1.49. The summed E-state index contributed by atoms with van der Waals surface area (Å²) in [5.41, 5.74) is 0.882. The Morgan fingerprint density at radius 2 is 2.21 bits per heavy atom. The highest BCUT2D eigenvalue weighted by Gasteiger charge is 2.09. The van der Waals surface area contributed by atoms with E-state index in [0.29, 0.717) is 10.2 Å². The Kier molecular flexibility index (Phi) is 4.63. The molecule has 2 N–H and O–H groups in total. The number of benzene rings is 1. The lowest BCUT2D eigenvalue weighted by Crippen LogP contribution is -2.12. The molecule has 0 saturated heterocycles. The number of H-pyrrole nitrogens is 1. The molecule has 4 nitrogen and oxygen atoms in total. The van der Waals surface area contributed by atoms with Gasteiger partial charge < -0.3 is 10.3 Å². The number of nitrogens with one attached hydrogen (secondary N) is 2. The fraction of sp³-hybridized carbons (Fsp3) is 0.231. The van der Waals surface area contributed by atoms with Crippen LogP contribution >= 0.6 is 23.4 Å². The van der Waals surface area contributed by atoms with Gasteiger partial charge in [0.05, 0.1) is 0 Å². The van der Waals surface area contributed by atoms with Crippen molar-refractivity contribution in [3.8, 4) is 0 Å². The molecule has 2 aromatic rings. The van der Waals surface area contributed by atoms with Gasteiger partial charge in [0.15, 0.2) is 5.16 Å². The number of rotatable bonds is 4. The van der Waals surface area contributed by atoms with Gasteiger partial charge >= 0.3 is 0 Å². The van der Waals surface area contributed by atoms with Crippen LogP contribution in [0, 0.1) is 0 Å². The maximum atomic E-state index is 11.2. The summed E-state index contributed by atoms with van der Waals surface area (Å²) in [7, 11) is 1.89. The first-order valence-corrected chi connectivity index (χ1v) is 6.99. The van der Waals surface area contributed by atoms with Crippen LogP contribution in [-0.2, 0) is 0 Å². The SMILES string of the molecule is CNC(C)c1ccc(Sc2nccc(=O)[nH]2)cc1Cl. The van der Waals surface area contributed by atoms with Crippen LogP contribution in [-0.4, -0.2) is 17.0 Å². The van der Waals surface area contributed by atoms with Gasteiger partial charge in [-0.25, -0.2) is 4.98 Å². The maximum absolute atomic E-state index is 11.2. The number of hydrogen-bond donors (Lipinski definition) is 2. The highest BCUT2D eigenvalue weighted by Crippen LogP contribution is 2.30. The Balaban J connectivity index is 2.23. The Morgan fingerprint density at radius 3 is 2.84 bits per heavy atom. The largest absolute Gasteiger partial charge is 0.313 e. The number of nitrogens with zero attached hydrogens (tertiary/aromatic N) is 1. The zero-order chi connectivity index (χ0) is 13.8. The molecule has 1 atom stereocenters. The van der Waals surface area contributed by atoms with E-state index in [1.807, 2.05) is 32.2 Å². The molecule has 6 heteroatoms. The maximum Gasteiger partial charge on any atom is 0.251 e. The first kappa shape index (κ1) is 14.1. The minimum atomic E-state index is -0.163. The monoisotopic (exact) mass is 295 g/mol. The molecule has 0 amide bonds. The van der Waals surface area contributed by atoms with E-state index in [1.54, 1.807) is 0 Å². The lowest BCUT2D eigenvalue weighted by atomic mass is 10.1. The molecule has 2 rings (SSSR count). The van der Waals surface area contributed by atoms with Crippen molar-refractivity contribution in [2.45, 2.75) is 23.0 Å². The predicted octanol–water partition coefficient (Wildman–Crippen LogP) is 2.85. The lowest BCUT2D eigenvalue weighted by Gasteiger charge is -2.13. The van der Waals surface area contributed by atoms with E-state index >= 15 is 0 Å². The minimum absolute atomic E-state index is 0.163. The molecule has 0 aliphatic carbocycles. The third kappa shape index (κ3) is 3.59. The van der Waals surface area contributed by atoms with Gasteiger partial charge in [-0.1, -0.05) is 29.4 Å². The fourth-order valence-corrected chi connectivity index (χ4v) is 2.80. The highest BCUT2D eigenvalue weighted by molar-refractivity contribution is 7.99. The van der Waals surface area contributed by atoms with Crippen LogP contribution in [0.4, 0.5) is 0 Å². The first-order valence-electron chi connectivity index (χ1n) is 5.80. The van der Waals surface area contributed by atoms with Crippen LogP contribution in [0.25, 0.3) is 0 Å². The number of hydrogen-bond acceptors (Lipinski definition) is 4.